The maximum absolute atomic E-state index is 13.5. The molecule has 0 saturated carbocycles. The summed E-state index contributed by atoms with van der Waals surface area (Å²) in [5, 5.41) is 2.83. The number of hydrogen-bond donors (Lipinski definition) is 4. The van der Waals surface area contributed by atoms with Gasteiger partial charge < -0.3 is 36.9 Å². The highest BCUT2D eigenvalue weighted by atomic mass is 16.7. The van der Waals surface area contributed by atoms with Crippen molar-refractivity contribution in [2.75, 3.05) is 26.4 Å². The number of ketones is 2. The minimum absolute atomic E-state index is 0.00645. The number of benzene rings is 1. The Kier molecular flexibility index (Phi) is 11.7. The van der Waals surface area contributed by atoms with E-state index in [4.69, 9.17) is 26.7 Å². The van der Waals surface area contributed by atoms with Crippen molar-refractivity contribution in [1.29, 1.82) is 0 Å². The molecule has 40 heavy (non-hydrogen) atoms. The van der Waals surface area contributed by atoms with Gasteiger partial charge in [-0.2, -0.15) is 0 Å². The molecule has 1 aromatic carbocycles. The zero-order valence-corrected chi connectivity index (χ0v) is 23.2. The van der Waals surface area contributed by atoms with E-state index in [0.29, 0.717) is 63.2 Å². The number of nitrogens with one attached hydrogen (secondary N) is 1. The van der Waals surface area contributed by atoms with Crippen LogP contribution in [0.2, 0.25) is 0 Å². The molecule has 3 atom stereocenters. The third-order valence-electron chi connectivity index (χ3n) is 7.31. The Morgan fingerprint density at radius 2 is 1.88 bits per heavy atom. The Morgan fingerprint density at radius 3 is 2.60 bits per heavy atom. The van der Waals surface area contributed by atoms with Gasteiger partial charge in [0.15, 0.2) is 29.0 Å². The Bertz CT molecular complexity index is 1090. The van der Waals surface area contributed by atoms with Crippen LogP contribution in [-0.4, -0.2) is 72.8 Å². The predicted octanol–water partition coefficient (Wildman–Crippen LogP) is 0.781. The molecule has 12 nitrogen and oxygen atoms in total. The summed E-state index contributed by atoms with van der Waals surface area (Å²) in [5.74, 6) is -0.212. The molecule has 2 aliphatic heterocycles. The second-order valence-electron chi connectivity index (χ2n) is 10.4. The number of aliphatic imine (C=N–C) groups is 1. The molecule has 0 radical (unpaired) electrons. The smallest absolute Gasteiger partial charge is 0.231 e. The number of fused-ring (bicyclic) bond motifs is 1. The first-order chi connectivity index (χ1) is 19.2. The molecule has 1 aromatic rings. The van der Waals surface area contributed by atoms with Crippen LogP contribution in [0.3, 0.4) is 0 Å². The fourth-order valence-electron chi connectivity index (χ4n) is 5.14. The van der Waals surface area contributed by atoms with Crippen LogP contribution in [0, 0.1) is 5.92 Å². The number of amides is 2. The third kappa shape index (κ3) is 8.94. The number of carbonyl (C=O) groups excluding carboxylic acids is 4. The highest BCUT2D eigenvalue weighted by molar-refractivity contribution is 5.94. The van der Waals surface area contributed by atoms with E-state index in [9.17, 15) is 19.2 Å². The van der Waals surface area contributed by atoms with Crippen LogP contribution in [-0.2, 0) is 25.6 Å². The summed E-state index contributed by atoms with van der Waals surface area (Å²) >= 11 is 0. The summed E-state index contributed by atoms with van der Waals surface area (Å²) in [5.41, 5.74) is 17.1. The van der Waals surface area contributed by atoms with Gasteiger partial charge in [0, 0.05) is 25.4 Å². The molecule has 2 amide bonds. The Labute approximate surface area is 235 Å². The van der Waals surface area contributed by atoms with Crippen LogP contribution in [0.5, 0.6) is 11.5 Å². The fraction of sp³-hybridized carbons (Fsp3) is 0.607. The molecule has 12 heteroatoms. The molecule has 3 rings (SSSR count). The summed E-state index contributed by atoms with van der Waals surface area (Å²) in [4.78, 5) is 57.7. The van der Waals surface area contributed by atoms with Crippen LogP contribution in [0.4, 0.5) is 0 Å². The number of carbonyl (C=O) groups is 4. The van der Waals surface area contributed by atoms with E-state index < -0.39 is 18.0 Å². The Hall–Kier alpha value is -3.67. The van der Waals surface area contributed by atoms with Gasteiger partial charge in [-0.15, -0.1) is 0 Å². The number of guanidine groups is 1. The van der Waals surface area contributed by atoms with Gasteiger partial charge in [0.25, 0.3) is 0 Å². The van der Waals surface area contributed by atoms with Crippen molar-refractivity contribution in [2.24, 2.45) is 28.1 Å². The first-order valence-electron chi connectivity index (χ1n) is 14.0. The lowest BCUT2D eigenvalue weighted by molar-refractivity contribution is -0.138. The van der Waals surface area contributed by atoms with Crippen molar-refractivity contribution in [3.63, 3.8) is 0 Å². The fourth-order valence-corrected chi connectivity index (χ4v) is 5.14. The summed E-state index contributed by atoms with van der Waals surface area (Å²) in [7, 11) is 0. The van der Waals surface area contributed by atoms with Crippen molar-refractivity contribution in [1.82, 2.24) is 10.2 Å². The number of hydrogen-bond acceptors (Lipinski definition) is 8. The lowest BCUT2D eigenvalue weighted by Gasteiger charge is -2.26. The minimum atomic E-state index is -0.694. The number of Topliss-reactive ketones (excluding diaryl/α,β-unsaturated/α-hetero) is 2. The molecule has 0 unspecified atom stereocenters. The molecule has 220 valence electrons. The molecular weight excluding hydrogens is 516 g/mol. The molecule has 0 aromatic heterocycles. The molecule has 1 saturated heterocycles. The van der Waals surface area contributed by atoms with Gasteiger partial charge in [-0.25, -0.2) is 0 Å². The van der Waals surface area contributed by atoms with E-state index in [-0.39, 0.29) is 49.0 Å². The monoisotopic (exact) mass is 558 g/mol. The van der Waals surface area contributed by atoms with Gasteiger partial charge in [0.2, 0.25) is 18.6 Å². The normalized spacial score (nSPS) is 17.2. The number of rotatable bonds is 16. The Morgan fingerprint density at radius 1 is 1.10 bits per heavy atom. The molecular formula is C28H42N6O6. The maximum atomic E-state index is 13.5. The van der Waals surface area contributed by atoms with E-state index in [1.807, 2.05) is 6.07 Å². The highest BCUT2D eigenvalue weighted by Crippen LogP contribution is 2.33. The van der Waals surface area contributed by atoms with Crippen LogP contribution in [0.15, 0.2) is 23.2 Å². The van der Waals surface area contributed by atoms with Gasteiger partial charge >= 0.3 is 0 Å². The SMILES string of the molecule is CC(=O)[C@H](CCCN=C(N)N)NC(=O)[C@H](CCCCN)CC(=O)[C@@H]1CCCN1C(=O)Cc1ccc2c(c1)OCO2. The van der Waals surface area contributed by atoms with Crippen LogP contribution < -0.4 is 32.0 Å². The second-order valence-corrected chi connectivity index (χ2v) is 10.4. The average molecular weight is 559 g/mol. The van der Waals surface area contributed by atoms with E-state index in [1.165, 1.54) is 6.92 Å². The zero-order chi connectivity index (χ0) is 29.1. The van der Waals surface area contributed by atoms with Gasteiger partial charge in [-0.3, -0.25) is 24.2 Å². The Balaban J connectivity index is 1.62. The number of nitrogens with zero attached hydrogens (tertiary/aromatic N) is 2. The molecule has 2 heterocycles. The zero-order valence-electron chi connectivity index (χ0n) is 23.2. The van der Waals surface area contributed by atoms with E-state index >= 15 is 0 Å². The predicted molar refractivity (Wildman–Crippen MR) is 150 cm³/mol. The summed E-state index contributed by atoms with van der Waals surface area (Å²) in [6.45, 7) is 2.89. The molecule has 0 spiro atoms. The van der Waals surface area contributed by atoms with Gasteiger partial charge in [-0.05, 0) is 69.7 Å². The summed E-state index contributed by atoms with van der Waals surface area (Å²) in [6, 6.07) is 4.11. The summed E-state index contributed by atoms with van der Waals surface area (Å²) in [6.07, 6.45) is 4.16. The average Bonchev–Trinajstić information content (AvgIpc) is 3.59. The van der Waals surface area contributed by atoms with Crippen LogP contribution in [0.25, 0.3) is 0 Å². The van der Waals surface area contributed by atoms with Crippen molar-refractivity contribution >= 4 is 29.3 Å². The summed E-state index contributed by atoms with van der Waals surface area (Å²) < 4.78 is 10.7. The van der Waals surface area contributed by atoms with Crippen molar-refractivity contribution in [3.8, 4) is 11.5 Å². The van der Waals surface area contributed by atoms with Crippen molar-refractivity contribution < 1.29 is 28.7 Å². The van der Waals surface area contributed by atoms with Crippen LogP contribution in [0.1, 0.15) is 63.9 Å². The first-order valence-corrected chi connectivity index (χ1v) is 14.0. The number of likely N-dealkylation sites (tertiary alicyclic amines) is 1. The molecule has 7 N–H and O–H groups in total. The number of ether oxygens (including phenoxy) is 2. The van der Waals surface area contributed by atoms with E-state index in [1.54, 1.807) is 17.0 Å². The maximum Gasteiger partial charge on any atom is 0.231 e. The number of unbranched alkanes of at least 4 members (excludes halogenated alkanes) is 1. The lowest BCUT2D eigenvalue weighted by Crippen LogP contribution is -2.45. The number of nitrogens with two attached hydrogens (primary N) is 3. The molecule has 0 aliphatic carbocycles. The first kappa shape index (κ1) is 30.9. The van der Waals surface area contributed by atoms with Crippen LogP contribution >= 0.6 is 0 Å². The van der Waals surface area contributed by atoms with Crippen molar-refractivity contribution in [3.05, 3.63) is 23.8 Å². The minimum Gasteiger partial charge on any atom is -0.454 e. The highest BCUT2D eigenvalue weighted by Gasteiger charge is 2.36. The van der Waals surface area contributed by atoms with Gasteiger partial charge in [-0.1, -0.05) is 12.5 Å². The van der Waals surface area contributed by atoms with E-state index in [2.05, 4.69) is 10.3 Å². The molecule has 0 bridgehead atoms. The van der Waals surface area contributed by atoms with Gasteiger partial charge in [0.1, 0.15) is 0 Å². The van der Waals surface area contributed by atoms with E-state index in [0.717, 1.165) is 18.4 Å². The van der Waals surface area contributed by atoms with Crippen molar-refractivity contribution in [2.45, 2.75) is 76.8 Å². The molecule has 2 aliphatic rings. The third-order valence-corrected chi connectivity index (χ3v) is 7.31. The lowest BCUT2D eigenvalue weighted by atomic mass is 9.91. The molecule has 1 fully saturated rings. The standard InChI is InChI=1S/C28H42N6O6/c1-18(35)21(7-4-12-32-28(30)31)33-27(38)20(6-2-3-11-29)16-23(36)22-8-5-13-34(22)26(37)15-19-9-10-24-25(14-19)40-17-39-24/h9-10,14,20-22H,2-8,11-13,15-17,29H2,1H3,(H,33,38)(H4,30,31,32)/t20-,21+,22+/m1/s1. The quantitative estimate of drug-likeness (QED) is 0.129. The topological polar surface area (TPSA) is 192 Å². The largest absolute Gasteiger partial charge is 0.454 e. The van der Waals surface area contributed by atoms with Gasteiger partial charge in [0.05, 0.1) is 18.5 Å². The second kappa shape index (κ2) is 15.2.